The molecule has 0 radical (unpaired) electrons. The Hall–Kier alpha value is -2.38. The van der Waals surface area contributed by atoms with Crippen LogP contribution in [0.5, 0.6) is 0 Å². The minimum Gasteiger partial charge on any atom is -0.337 e. The zero-order valence-corrected chi connectivity index (χ0v) is 14.9. The van der Waals surface area contributed by atoms with Crippen LogP contribution < -0.4 is 10.9 Å². The van der Waals surface area contributed by atoms with Gasteiger partial charge in [-0.2, -0.15) is 0 Å². The zero-order chi connectivity index (χ0) is 18.3. The predicted octanol–water partition coefficient (Wildman–Crippen LogP) is 1.91. The van der Waals surface area contributed by atoms with Crippen molar-refractivity contribution in [1.82, 2.24) is 25.7 Å². The monoisotopic (exact) mass is 355 g/mol. The van der Waals surface area contributed by atoms with Crippen LogP contribution in [0.1, 0.15) is 40.0 Å². The number of hydrogen-bond donors (Lipinski definition) is 2. The second-order valence-corrected chi connectivity index (χ2v) is 7.07. The number of hydrogen-bond acceptors (Lipinski definition) is 5. The van der Waals surface area contributed by atoms with Crippen molar-refractivity contribution in [3.8, 4) is 0 Å². The Labute approximate surface area is 151 Å². The molecule has 1 aromatic carbocycles. The average Bonchev–Trinajstić information content (AvgIpc) is 3.03. The summed E-state index contributed by atoms with van der Waals surface area (Å²) in [5.74, 6) is 0.467. The lowest BCUT2D eigenvalue weighted by Crippen LogP contribution is -2.48. The first-order valence-corrected chi connectivity index (χ1v) is 8.89. The third-order valence-corrected chi connectivity index (χ3v) is 5.19. The van der Waals surface area contributed by atoms with Crippen LogP contribution in [-0.4, -0.2) is 39.9 Å². The van der Waals surface area contributed by atoms with Crippen LogP contribution in [0.4, 0.5) is 4.39 Å². The fourth-order valence-corrected chi connectivity index (χ4v) is 4.01. The number of fused-ring (bicyclic) bond motifs is 1. The first kappa shape index (κ1) is 17.1. The topological polar surface area (TPSA) is 70.2 Å². The number of halogens is 1. The van der Waals surface area contributed by atoms with Crippen molar-refractivity contribution in [2.24, 2.45) is 5.92 Å². The molecule has 0 spiro atoms. The van der Waals surface area contributed by atoms with Crippen molar-refractivity contribution in [3.63, 3.8) is 0 Å². The third-order valence-electron chi connectivity index (χ3n) is 5.19. The van der Waals surface area contributed by atoms with E-state index in [0.717, 1.165) is 17.7 Å². The van der Waals surface area contributed by atoms with E-state index in [1.54, 1.807) is 25.1 Å². The number of nitrogens with zero attached hydrogens (tertiary/aromatic N) is 3. The average molecular weight is 355 g/mol. The van der Waals surface area contributed by atoms with Gasteiger partial charge < -0.3 is 4.90 Å². The van der Waals surface area contributed by atoms with Crippen molar-refractivity contribution in [3.05, 3.63) is 58.9 Å². The molecule has 0 saturated carbocycles. The van der Waals surface area contributed by atoms with Crippen LogP contribution >= 0.6 is 0 Å². The molecule has 3 heterocycles. The second kappa shape index (κ2) is 6.74. The van der Waals surface area contributed by atoms with Crippen molar-refractivity contribution >= 4 is 5.91 Å². The van der Waals surface area contributed by atoms with Gasteiger partial charge in [0, 0.05) is 30.7 Å². The molecule has 6 nitrogen and oxygen atoms in total. The number of aryl methyl sites for hydroxylation is 2. The van der Waals surface area contributed by atoms with Crippen molar-refractivity contribution in [2.75, 3.05) is 13.1 Å². The van der Waals surface area contributed by atoms with E-state index in [0.29, 0.717) is 24.6 Å². The molecule has 1 aromatic heterocycles. The molecule has 2 aromatic rings. The molecule has 136 valence electrons. The molecular formula is C19H22FN5O. The summed E-state index contributed by atoms with van der Waals surface area (Å²) in [5.41, 5.74) is 8.71. The third kappa shape index (κ3) is 3.20. The van der Waals surface area contributed by atoms with Gasteiger partial charge in [0.1, 0.15) is 17.3 Å². The van der Waals surface area contributed by atoms with E-state index < -0.39 is 0 Å². The number of piperidine rings is 1. The Bertz CT molecular complexity index is 822. The number of likely N-dealkylation sites (tertiary alicyclic amines) is 1. The van der Waals surface area contributed by atoms with Crippen LogP contribution in [0, 0.1) is 25.6 Å². The first-order valence-electron chi connectivity index (χ1n) is 8.89. The van der Waals surface area contributed by atoms with Gasteiger partial charge >= 0.3 is 0 Å². The SMILES string of the molecule is Cc1cc(C(=O)N2CCC3NNC(c4cccc(F)c4)C3C2)nc(C)n1. The molecule has 2 aliphatic rings. The first-order chi connectivity index (χ1) is 12.5. The van der Waals surface area contributed by atoms with E-state index >= 15 is 0 Å². The Morgan fingerprint density at radius 2 is 2.08 bits per heavy atom. The molecule has 0 bridgehead atoms. The molecule has 2 fully saturated rings. The van der Waals surface area contributed by atoms with E-state index in [-0.39, 0.29) is 29.7 Å². The van der Waals surface area contributed by atoms with E-state index in [9.17, 15) is 9.18 Å². The van der Waals surface area contributed by atoms with Gasteiger partial charge in [-0.25, -0.2) is 19.8 Å². The minimum absolute atomic E-state index is 0.0276. The summed E-state index contributed by atoms with van der Waals surface area (Å²) >= 11 is 0. The summed E-state index contributed by atoms with van der Waals surface area (Å²) in [6, 6.07) is 8.61. The van der Waals surface area contributed by atoms with Gasteiger partial charge in [-0.05, 0) is 44.0 Å². The number of aromatic nitrogens is 2. The lowest BCUT2D eigenvalue weighted by Gasteiger charge is -2.36. The standard InChI is InChI=1S/C19H22FN5O/c1-11-8-17(22-12(2)21-11)19(26)25-7-6-16-15(10-25)18(24-23-16)13-4-3-5-14(20)9-13/h3-5,8-9,15-16,18,23-24H,6-7,10H2,1-2H3. The normalized spacial score (nSPS) is 25.2. The molecule has 26 heavy (non-hydrogen) atoms. The number of nitrogens with one attached hydrogen (secondary N) is 2. The molecule has 2 saturated heterocycles. The van der Waals surface area contributed by atoms with Crippen LogP contribution in [-0.2, 0) is 0 Å². The predicted molar refractivity (Wildman–Crippen MR) is 94.7 cm³/mol. The maximum absolute atomic E-state index is 13.6. The molecule has 2 N–H and O–H groups in total. The Morgan fingerprint density at radius 1 is 1.23 bits per heavy atom. The number of amides is 1. The van der Waals surface area contributed by atoms with E-state index in [4.69, 9.17) is 0 Å². The highest BCUT2D eigenvalue weighted by molar-refractivity contribution is 5.92. The molecule has 0 aliphatic carbocycles. The fourth-order valence-electron chi connectivity index (χ4n) is 4.01. The van der Waals surface area contributed by atoms with Gasteiger partial charge in [0.05, 0.1) is 6.04 Å². The Morgan fingerprint density at radius 3 is 2.85 bits per heavy atom. The molecule has 1 amide bonds. The largest absolute Gasteiger partial charge is 0.337 e. The van der Waals surface area contributed by atoms with Gasteiger partial charge in [0.15, 0.2) is 0 Å². The van der Waals surface area contributed by atoms with Gasteiger partial charge in [-0.3, -0.25) is 10.2 Å². The zero-order valence-electron chi connectivity index (χ0n) is 14.9. The highest BCUT2D eigenvalue weighted by atomic mass is 19.1. The van der Waals surface area contributed by atoms with Gasteiger partial charge in [-0.15, -0.1) is 0 Å². The highest BCUT2D eigenvalue weighted by Gasteiger charge is 2.41. The van der Waals surface area contributed by atoms with Crippen LogP contribution in [0.2, 0.25) is 0 Å². The lowest BCUT2D eigenvalue weighted by atomic mass is 9.85. The molecule has 4 rings (SSSR count). The highest BCUT2D eigenvalue weighted by Crippen LogP contribution is 2.34. The van der Waals surface area contributed by atoms with Crippen molar-refractivity contribution in [2.45, 2.75) is 32.4 Å². The Kier molecular flexibility index (Phi) is 4.42. The molecule has 3 unspecified atom stereocenters. The number of hydrazine groups is 1. The van der Waals surface area contributed by atoms with Gasteiger partial charge in [0.2, 0.25) is 0 Å². The summed E-state index contributed by atoms with van der Waals surface area (Å²) in [6.45, 7) is 4.93. The number of rotatable bonds is 2. The fraction of sp³-hybridized carbons (Fsp3) is 0.421. The lowest BCUT2D eigenvalue weighted by molar-refractivity contribution is 0.0646. The maximum Gasteiger partial charge on any atom is 0.272 e. The van der Waals surface area contributed by atoms with Crippen molar-refractivity contribution < 1.29 is 9.18 Å². The van der Waals surface area contributed by atoms with Crippen LogP contribution in [0.3, 0.4) is 0 Å². The van der Waals surface area contributed by atoms with E-state index in [1.165, 1.54) is 6.07 Å². The van der Waals surface area contributed by atoms with Gasteiger partial charge in [-0.1, -0.05) is 12.1 Å². The minimum atomic E-state index is -0.247. The quantitative estimate of drug-likeness (QED) is 0.861. The number of benzene rings is 1. The second-order valence-electron chi connectivity index (χ2n) is 7.07. The smallest absolute Gasteiger partial charge is 0.272 e. The molecular weight excluding hydrogens is 333 g/mol. The van der Waals surface area contributed by atoms with Crippen LogP contribution in [0.25, 0.3) is 0 Å². The summed E-state index contributed by atoms with van der Waals surface area (Å²) in [5, 5.41) is 0. The summed E-state index contributed by atoms with van der Waals surface area (Å²) < 4.78 is 13.6. The summed E-state index contributed by atoms with van der Waals surface area (Å²) in [7, 11) is 0. The number of carbonyl (C=O) groups is 1. The van der Waals surface area contributed by atoms with E-state index in [2.05, 4.69) is 20.8 Å². The number of carbonyl (C=O) groups excluding carboxylic acids is 1. The molecule has 3 atom stereocenters. The van der Waals surface area contributed by atoms with Crippen LogP contribution in [0.15, 0.2) is 30.3 Å². The van der Waals surface area contributed by atoms with E-state index in [1.807, 2.05) is 17.9 Å². The molecule has 2 aliphatic heterocycles. The van der Waals surface area contributed by atoms with Crippen molar-refractivity contribution in [1.29, 1.82) is 0 Å². The summed E-state index contributed by atoms with van der Waals surface area (Å²) in [6.07, 6.45) is 0.846. The maximum atomic E-state index is 13.6. The Balaban J connectivity index is 1.55. The summed E-state index contributed by atoms with van der Waals surface area (Å²) in [4.78, 5) is 23.3. The molecule has 7 heteroatoms. The van der Waals surface area contributed by atoms with Gasteiger partial charge in [0.25, 0.3) is 5.91 Å².